The van der Waals surface area contributed by atoms with E-state index in [1.165, 1.54) is 0 Å². The summed E-state index contributed by atoms with van der Waals surface area (Å²) in [4.78, 5) is 9.00. The quantitative estimate of drug-likeness (QED) is 0.683. The van der Waals surface area contributed by atoms with Gasteiger partial charge in [-0.2, -0.15) is 0 Å². The summed E-state index contributed by atoms with van der Waals surface area (Å²) in [7, 11) is 0. The molecule has 4 rings (SSSR count). The largest absolute Gasteiger partial charge is 0.363 e. The maximum Gasteiger partial charge on any atom is 0.132 e. The first kappa shape index (κ1) is 10.8. The Bertz CT molecular complexity index is 778. The molecular formula is C14H11ClN4. The van der Waals surface area contributed by atoms with Gasteiger partial charge in [0.05, 0.1) is 18.6 Å². The fourth-order valence-corrected chi connectivity index (χ4v) is 2.64. The van der Waals surface area contributed by atoms with E-state index >= 15 is 0 Å². The smallest absolute Gasteiger partial charge is 0.132 e. The van der Waals surface area contributed by atoms with Gasteiger partial charge in [-0.05, 0) is 24.3 Å². The number of aromatic nitrogens is 3. The van der Waals surface area contributed by atoms with Crippen LogP contribution in [0.5, 0.6) is 0 Å². The Hall–Kier alpha value is -2.07. The first-order valence-corrected chi connectivity index (χ1v) is 6.50. The van der Waals surface area contributed by atoms with Crippen molar-refractivity contribution in [2.45, 2.75) is 13.1 Å². The third-order valence-corrected chi connectivity index (χ3v) is 3.65. The van der Waals surface area contributed by atoms with Gasteiger partial charge in [0.15, 0.2) is 0 Å². The molecule has 4 nitrogen and oxygen atoms in total. The van der Waals surface area contributed by atoms with E-state index in [0.29, 0.717) is 6.54 Å². The molecule has 3 aromatic rings. The predicted octanol–water partition coefficient (Wildman–Crippen LogP) is 3.06. The lowest BCUT2D eigenvalue weighted by Crippen LogP contribution is -2.03. The molecule has 0 bridgehead atoms. The molecule has 0 saturated heterocycles. The topological polar surface area (TPSA) is 42.7 Å². The minimum Gasteiger partial charge on any atom is -0.363 e. The number of anilines is 1. The lowest BCUT2D eigenvalue weighted by Gasteiger charge is -2.08. The van der Waals surface area contributed by atoms with Gasteiger partial charge in [-0.1, -0.05) is 11.6 Å². The second kappa shape index (κ2) is 3.96. The van der Waals surface area contributed by atoms with Gasteiger partial charge < -0.3 is 9.88 Å². The number of benzene rings is 1. The minimum absolute atomic E-state index is 0.700. The average molecular weight is 271 g/mol. The van der Waals surface area contributed by atoms with Crippen molar-refractivity contribution in [1.29, 1.82) is 0 Å². The van der Waals surface area contributed by atoms with E-state index in [2.05, 4.69) is 25.9 Å². The summed E-state index contributed by atoms with van der Waals surface area (Å²) in [6.07, 6.45) is 3.82. The van der Waals surface area contributed by atoms with Crippen molar-refractivity contribution in [2.24, 2.45) is 0 Å². The normalized spacial score (nSPS) is 13.5. The highest BCUT2D eigenvalue weighted by Crippen LogP contribution is 2.26. The number of nitrogens with zero attached hydrogens (tertiary/aromatic N) is 3. The zero-order chi connectivity index (χ0) is 12.8. The van der Waals surface area contributed by atoms with Crippen molar-refractivity contribution in [3.8, 4) is 0 Å². The zero-order valence-corrected chi connectivity index (χ0v) is 10.9. The van der Waals surface area contributed by atoms with E-state index in [1.807, 2.05) is 30.6 Å². The maximum absolute atomic E-state index is 6.04. The number of halogens is 1. The molecule has 0 aliphatic carbocycles. The number of pyridine rings is 1. The van der Waals surface area contributed by atoms with E-state index in [9.17, 15) is 0 Å². The maximum atomic E-state index is 6.04. The van der Waals surface area contributed by atoms with Gasteiger partial charge in [0.2, 0.25) is 0 Å². The number of hydrogen-bond acceptors (Lipinski definition) is 3. The van der Waals surface area contributed by atoms with Crippen LogP contribution in [-0.2, 0) is 13.1 Å². The van der Waals surface area contributed by atoms with Gasteiger partial charge in [0.25, 0.3) is 0 Å². The first-order valence-electron chi connectivity index (χ1n) is 6.13. The molecule has 0 unspecified atom stereocenters. The fraction of sp³-hybridized carbons (Fsp3) is 0.143. The van der Waals surface area contributed by atoms with E-state index in [0.717, 1.165) is 39.7 Å². The van der Waals surface area contributed by atoms with Crippen molar-refractivity contribution in [1.82, 2.24) is 14.5 Å². The van der Waals surface area contributed by atoms with Crippen LogP contribution < -0.4 is 5.32 Å². The molecule has 0 saturated carbocycles. The SMILES string of the molecule is Clc1ccc2nc3c(cc2c1)Cn1ccnc1CN3. The van der Waals surface area contributed by atoms with Crippen LogP contribution in [0, 0.1) is 0 Å². The molecular weight excluding hydrogens is 260 g/mol. The van der Waals surface area contributed by atoms with Gasteiger partial charge in [-0.3, -0.25) is 0 Å². The number of rotatable bonds is 0. The van der Waals surface area contributed by atoms with E-state index in [-0.39, 0.29) is 0 Å². The Morgan fingerprint density at radius 3 is 3.16 bits per heavy atom. The van der Waals surface area contributed by atoms with Crippen LogP contribution in [0.25, 0.3) is 10.9 Å². The van der Waals surface area contributed by atoms with E-state index < -0.39 is 0 Å². The van der Waals surface area contributed by atoms with E-state index in [4.69, 9.17) is 11.6 Å². The molecule has 3 heterocycles. The molecule has 0 atom stereocenters. The second-order valence-electron chi connectivity index (χ2n) is 4.66. The lowest BCUT2D eigenvalue weighted by molar-refractivity contribution is 0.754. The Morgan fingerprint density at radius 2 is 2.21 bits per heavy atom. The fourth-order valence-electron chi connectivity index (χ4n) is 2.46. The third kappa shape index (κ3) is 1.76. The van der Waals surface area contributed by atoms with Crippen molar-refractivity contribution in [2.75, 3.05) is 5.32 Å². The Kier molecular flexibility index (Phi) is 2.26. The molecule has 19 heavy (non-hydrogen) atoms. The zero-order valence-electron chi connectivity index (χ0n) is 10.1. The van der Waals surface area contributed by atoms with Crippen molar-refractivity contribution >= 4 is 28.3 Å². The molecule has 2 aromatic heterocycles. The van der Waals surface area contributed by atoms with Crippen LogP contribution in [0.4, 0.5) is 5.82 Å². The molecule has 0 amide bonds. The monoisotopic (exact) mass is 270 g/mol. The second-order valence-corrected chi connectivity index (χ2v) is 5.09. The van der Waals surface area contributed by atoms with Gasteiger partial charge >= 0.3 is 0 Å². The van der Waals surface area contributed by atoms with Gasteiger partial charge in [-0.25, -0.2) is 9.97 Å². The molecule has 0 spiro atoms. The first-order chi connectivity index (χ1) is 9.29. The van der Waals surface area contributed by atoms with Gasteiger partial charge in [0, 0.05) is 28.4 Å². The Balaban J connectivity index is 1.91. The molecule has 1 aromatic carbocycles. The van der Waals surface area contributed by atoms with Crippen LogP contribution in [-0.4, -0.2) is 14.5 Å². The molecule has 5 heteroatoms. The lowest BCUT2D eigenvalue weighted by atomic mass is 10.1. The molecule has 1 N–H and O–H groups in total. The van der Waals surface area contributed by atoms with Gasteiger partial charge in [0.1, 0.15) is 11.6 Å². The van der Waals surface area contributed by atoms with Crippen LogP contribution in [0.2, 0.25) is 5.02 Å². The van der Waals surface area contributed by atoms with E-state index in [1.54, 1.807) is 0 Å². The summed E-state index contributed by atoms with van der Waals surface area (Å²) in [6.45, 7) is 1.49. The molecule has 94 valence electrons. The van der Waals surface area contributed by atoms with Crippen LogP contribution in [0.3, 0.4) is 0 Å². The summed E-state index contributed by atoms with van der Waals surface area (Å²) in [5.41, 5.74) is 2.11. The van der Waals surface area contributed by atoms with Crippen LogP contribution in [0.15, 0.2) is 36.7 Å². The summed E-state index contributed by atoms with van der Waals surface area (Å²) in [5, 5.41) is 5.15. The van der Waals surface area contributed by atoms with Gasteiger partial charge in [-0.15, -0.1) is 0 Å². The average Bonchev–Trinajstić information content (AvgIpc) is 2.77. The standard InChI is InChI=1S/C14H11ClN4/c15-11-1-2-12-9(6-11)5-10-8-19-4-3-16-13(19)7-17-14(10)18-12/h1-6H,7-8H2,(H,17,18). The summed E-state index contributed by atoms with van der Waals surface area (Å²) < 4.78 is 2.14. The highest BCUT2D eigenvalue weighted by atomic mass is 35.5. The summed E-state index contributed by atoms with van der Waals surface area (Å²) in [5.74, 6) is 1.96. The molecule has 0 radical (unpaired) electrons. The molecule has 1 aliphatic heterocycles. The highest BCUT2D eigenvalue weighted by Gasteiger charge is 2.14. The summed E-state index contributed by atoms with van der Waals surface area (Å²) >= 11 is 6.04. The van der Waals surface area contributed by atoms with Crippen molar-refractivity contribution < 1.29 is 0 Å². The van der Waals surface area contributed by atoms with Crippen LogP contribution in [0.1, 0.15) is 11.4 Å². The number of hydrogen-bond donors (Lipinski definition) is 1. The Morgan fingerprint density at radius 1 is 1.26 bits per heavy atom. The minimum atomic E-state index is 0.700. The van der Waals surface area contributed by atoms with Crippen molar-refractivity contribution in [3.05, 3.63) is 53.1 Å². The third-order valence-electron chi connectivity index (χ3n) is 3.41. The van der Waals surface area contributed by atoms with Crippen LogP contribution >= 0.6 is 11.6 Å². The predicted molar refractivity (Wildman–Crippen MR) is 75.4 cm³/mol. The van der Waals surface area contributed by atoms with Crippen molar-refractivity contribution in [3.63, 3.8) is 0 Å². The molecule has 1 aliphatic rings. The number of fused-ring (bicyclic) bond motifs is 3. The highest BCUT2D eigenvalue weighted by molar-refractivity contribution is 6.31. The molecule has 0 fully saturated rings. The Labute approximate surface area is 115 Å². The number of nitrogens with one attached hydrogen (secondary N) is 1. The summed E-state index contributed by atoms with van der Waals surface area (Å²) in [6, 6.07) is 7.91. The number of imidazole rings is 1.